The average Bonchev–Trinajstić information content (AvgIpc) is 3.15. The van der Waals surface area contributed by atoms with Crippen LogP contribution in [0.25, 0.3) is 0 Å². The van der Waals surface area contributed by atoms with Gasteiger partial charge in [-0.15, -0.1) is 0 Å². The molecule has 162 valence electrons. The summed E-state index contributed by atoms with van der Waals surface area (Å²) in [5.41, 5.74) is 0.424. The van der Waals surface area contributed by atoms with Crippen molar-refractivity contribution in [3.8, 4) is 5.75 Å². The number of likely N-dealkylation sites (tertiary alicyclic amines) is 1. The van der Waals surface area contributed by atoms with Gasteiger partial charge in [-0.2, -0.15) is 0 Å². The number of para-hydroxylation sites is 2. The van der Waals surface area contributed by atoms with Gasteiger partial charge in [0.25, 0.3) is 0 Å². The molecule has 3 N–H and O–H groups in total. The van der Waals surface area contributed by atoms with Crippen LogP contribution in [0.1, 0.15) is 44.8 Å². The predicted molar refractivity (Wildman–Crippen MR) is 114 cm³/mol. The molecule has 1 fully saturated rings. The lowest BCUT2D eigenvalue weighted by atomic mass is 9.93. The number of nitrogens with one attached hydrogen (secondary N) is 2. The number of anilines is 2. The molecule has 2 heterocycles. The van der Waals surface area contributed by atoms with Crippen LogP contribution in [0.2, 0.25) is 0 Å². The van der Waals surface area contributed by atoms with E-state index in [1.54, 1.807) is 37.3 Å². The van der Waals surface area contributed by atoms with Crippen molar-refractivity contribution in [2.45, 2.75) is 52.0 Å². The van der Waals surface area contributed by atoms with E-state index in [0.29, 0.717) is 43.2 Å². The fourth-order valence-corrected chi connectivity index (χ4v) is 3.80. The Morgan fingerprint density at radius 3 is 2.63 bits per heavy atom. The predicted octanol–water partition coefficient (Wildman–Crippen LogP) is 3.54. The fraction of sp³-hybridized carbons (Fsp3) is 0.500. The molecule has 0 bridgehead atoms. The highest BCUT2D eigenvalue weighted by molar-refractivity contribution is 5.95. The molecule has 0 unspecified atom stereocenters. The largest absolute Gasteiger partial charge is 0.506 e. The molecule has 1 aromatic carbocycles. The van der Waals surface area contributed by atoms with E-state index in [1.165, 1.54) is 0 Å². The van der Waals surface area contributed by atoms with Gasteiger partial charge < -0.3 is 20.3 Å². The van der Waals surface area contributed by atoms with Crippen molar-refractivity contribution >= 4 is 23.3 Å². The van der Waals surface area contributed by atoms with Crippen LogP contribution in [0.3, 0.4) is 0 Å². The van der Waals surface area contributed by atoms with E-state index in [-0.39, 0.29) is 29.5 Å². The molecule has 8 heteroatoms. The van der Waals surface area contributed by atoms with Gasteiger partial charge in [0.1, 0.15) is 11.5 Å². The van der Waals surface area contributed by atoms with Crippen molar-refractivity contribution in [3.05, 3.63) is 36.1 Å². The molecule has 0 radical (unpaired) electrons. The Labute approximate surface area is 176 Å². The standard InChI is InChI=1S/C22H30N4O4/c1-3-4-8-18(22(29)24-20-14-15(2)30-25-20)26-12-10-16(11-13-26)21(28)23-17-7-5-6-9-19(17)27/h5-7,9,14,16,18,27H,3-4,8,10-13H2,1-2H3,(H,23,28)(H,24,25,29)/t18-/m1/s1. The molecular formula is C22H30N4O4. The highest BCUT2D eigenvalue weighted by Gasteiger charge is 2.32. The number of phenols is 1. The van der Waals surface area contributed by atoms with Crippen LogP contribution in [-0.4, -0.2) is 46.1 Å². The molecule has 3 rings (SSSR count). The lowest BCUT2D eigenvalue weighted by molar-refractivity contribution is -0.124. The third-order valence-electron chi connectivity index (χ3n) is 5.52. The Kier molecular flexibility index (Phi) is 7.46. The Morgan fingerprint density at radius 1 is 1.27 bits per heavy atom. The monoisotopic (exact) mass is 414 g/mol. The zero-order chi connectivity index (χ0) is 21.5. The van der Waals surface area contributed by atoms with Crippen molar-refractivity contribution in [2.24, 2.45) is 5.92 Å². The van der Waals surface area contributed by atoms with Crippen molar-refractivity contribution in [2.75, 3.05) is 23.7 Å². The number of nitrogens with zero attached hydrogens (tertiary/aromatic N) is 2. The van der Waals surface area contributed by atoms with E-state index in [2.05, 4.69) is 27.6 Å². The second-order valence-electron chi connectivity index (χ2n) is 7.79. The highest BCUT2D eigenvalue weighted by atomic mass is 16.5. The maximum absolute atomic E-state index is 12.9. The summed E-state index contributed by atoms with van der Waals surface area (Å²) in [6.45, 7) is 5.21. The smallest absolute Gasteiger partial charge is 0.242 e. The van der Waals surface area contributed by atoms with Gasteiger partial charge in [0.15, 0.2) is 5.82 Å². The summed E-state index contributed by atoms with van der Waals surface area (Å²) in [6, 6.07) is 8.15. The van der Waals surface area contributed by atoms with Crippen molar-refractivity contribution in [3.63, 3.8) is 0 Å². The molecule has 1 atom stereocenters. The molecule has 0 saturated carbocycles. The Hall–Kier alpha value is -2.87. The SMILES string of the molecule is CCCC[C@H](C(=O)Nc1cc(C)on1)N1CCC(C(=O)Nc2ccccc2O)CC1. The second-order valence-corrected chi connectivity index (χ2v) is 7.79. The van der Waals surface area contributed by atoms with Crippen LogP contribution in [0.15, 0.2) is 34.9 Å². The van der Waals surface area contributed by atoms with Crippen LogP contribution in [-0.2, 0) is 9.59 Å². The number of unbranched alkanes of at least 4 members (excludes halogenated alkanes) is 1. The van der Waals surface area contributed by atoms with Crippen molar-refractivity contribution in [1.82, 2.24) is 10.1 Å². The van der Waals surface area contributed by atoms with Crippen LogP contribution < -0.4 is 10.6 Å². The van der Waals surface area contributed by atoms with Crippen LogP contribution in [0.4, 0.5) is 11.5 Å². The minimum atomic E-state index is -0.260. The zero-order valence-electron chi connectivity index (χ0n) is 17.6. The first-order valence-corrected chi connectivity index (χ1v) is 10.5. The topological polar surface area (TPSA) is 108 Å². The number of aromatic nitrogens is 1. The van der Waals surface area contributed by atoms with E-state index in [0.717, 1.165) is 19.3 Å². The number of hydrogen-bond acceptors (Lipinski definition) is 6. The van der Waals surface area contributed by atoms with Gasteiger partial charge >= 0.3 is 0 Å². The number of amides is 2. The average molecular weight is 415 g/mol. The van der Waals surface area contributed by atoms with Gasteiger partial charge in [0.05, 0.1) is 11.7 Å². The van der Waals surface area contributed by atoms with E-state index >= 15 is 0 Å². The number of hydrogen-bond donors (Lipinski definition) is 3. The Morgan fingerprint density at radius 2 is 2.00 bits per heavy atom. The molecule has 2 aromatic rings. The normalized spacial score (nSPS) is 16.2. The number of phenolic OH excluding ortho intramolecular Hbond substituents is 1. The summed E-state index contributed by atoms with van der Waals surface area (Å²) < 4.78 is 5.03. The molecule has 1 saturated heterocycles. The van der Waals surface area contributed by atoms with Gasteiger partial charge in [0, 0.05) is 12.0 Å². The van der Waals surface area contributed by atoms with E-state index in [4.69, 9.17) is 4.52 Å². The zero-order valence-corrected chi connectivity index (χ0v) is 17.6. The summed E-state index contributed by atoms with van der Waals surface area (Å²) in [5.74, 6) is 0.803. The lowest BCUT2D eigenvalue weighted by Gasteiger charge is -2.36. The van der Waals surface area contributed by atoms with Gasteiger partial charge in [0.2, 0.25) is 11.8 Å². The first-order chi connectivity index (χ1) is 14.5. The number of carbonyl (C=O) groups is 2. The Bertz CT molecular complexity index is 858. The summed E-state index contributed by atoms with van der Waals surface area (Å²) in [6.07, 6.45) is 4.04. The number of rotatable bonds is 8. The molecule has 8 nitrogen and oxygen atoms in total. The molecule has 1 aliphatic rings. The lowest BCUT2D eigenvalue weighted by Crippen LogP contribution is -2.49. The Balaban J connectivity index is 1.57. The summed E-state index contributed by atoms with van der Waals surface area (Å²) in [4.78, 5) is 27.6. The molecule has 1 aromatic heterocycles. The number of aromatic hydroxyl groups is 1. The maximum Gasteiger partial charge on any atom is 0.242 e. The van der Waals surface area contributed by atoms with Crippen molar-refractivity contribution in [1.29, 1.82) is 0 Å². The van der Waals surface area contributed by atoms with E-state index < -0.39 is 0 Å². The van der Waals surface area contributed by atoms with Gasteiger partial charge in [-0.05, 0) is 51.4 Å². The molecule has 1 aliphatic heterocycles. The third kappa shape index (κ3) is 5.60. The first-order valence-electron chi connectivity index (χ1n) is 10.5. The van der Waals surface area contributed by atoms with Gasteiger partial charge in [-0.1, -0.05) is 37.1 Å². The van der Waals surface area contributed by atoms with E-state index in [1.807, 2.05) is 0 Å². The number of piperidine rings is 1. The highest BCUT2D eigenvalue weighted by Crippen LogP contribution is 2.26. The fourth-order valence-electron chi connectivity index (χ4n) is 3.80. The van der Waals surface area contributed by atoms with Crippen molar-refractivity contribution < 1.29 is 19.2 Å². The molecule has 30 heavy (non-hydrogen) atoms. The third-order valence-corrected chi connectivity index (χ3v) is 5.52. The molecular weight excluding hydrogens is 384 g/mol. The minimum Gasteiger partial charge on any atom is -0.506 e. The summed E-state index contributed by atoms with van der Waals surface area (Å²) in [5, 5.41) is 19.4. The molecule has 0 aliphatic carbocycles. The number of benzene rings is 1. The van der Waals surface area contributed by atoms with Gasteiger partial charge in [-0.3, -0.25) is 14.5 Å². The van der Waals surface area contributed by atoms with Gasteiger partial charge in [-0.25, -0.2) is 0 Å². The number of carbonyl (C=O) groups excluding carboxylic acids is 2. The summed E-state index contributed by atoms with van der Waals surface area (Å²) in [7, 11) is 0. The van der Waals surface area contributed by atoms with Crippen LogP contribution in [0, 0.1) is 12.8 Å². The summed E-state index contributed by atoms with van der Waals surface area (Å²) >= 11 is 0. The number of aryl methyl sites for hydroxylation is 1. The van der Waals surface area contributed by atoms with Crippen LogP contribution in [0.5, 0.6) is 5.75 Å². The molecule has 0 spiro atoms. The quantitative estimate of drug-likeness (QED) is 0.570. The second kappa shape index (κ2) is 10.2. The molecule has 2 amide bonds. The maximum atomic E-state index is 12.9. The minimum absolute atomic E-state index is 0.0580. The van der Waals surface area contributed by atoms with E-state index in [9.17, 15) is 14.7 Å². The van der Waals surface area contributed by atoms with Crippen LogP contribution >= 0.6 is 0 Å². The first kappa shape index (κ1) is 21.8.